The summed E-state index contributed by atoms with van der Waals surface area (Å²) in [5, 5.41) is 19.3. The van der Waals surface area contributed by atoms with Gasteiger partial charge in [0.15, 0.2) is 0 Å². The van der Waals surface area contributed by atoms with E-state index in [4.69, 9.17) is 21.0 Å². The third-order valence-corrected chi connectivity index (χ3v) is 4.16. The van der Waals surface area contributed by atoms with Crippen LogP contribution in [-0.4, -0.2) is 13.3 Å². The summed E-state index contributed by atoms with van der Waals surface area (Å²) in [5.74, 6) is -0.0777. The van der Waals surface area contributed by atoms with Gasteiger partial charge in [0.25, 0.3) is 5.69 Å². The van der Waals surface area contributed by atoms with Crippen molar-refractivity contribution in [3.63, 3.8) is 0 Å². The molecule has 0 fully saturated rings. The predicted molar refractivity (Wildman–Crippen MR) is 77.1 cm³/mol. The highest BCUT2D eigenvalue weighted by molar-refractivity contribution is 7.87. The Morgan fingerprint density at radius 1 is 1.18 bits per heavy atom. The van der Waals surface area contributed by atoms with Crippen molar-refractivity contribution in [3.8, 4) is 11.8 Å². The average molecular weight is 339 g/mol. The van der Waals surface area contributed by atoms with E-state index < -0.39 is 15.0 Å². The zero-order valence-corrected chi connectivity index (χ0v) is 12.3. The number of hydrogen-bond donors (Lipinski definition) is 0. The molecule has 0 radical (unpaired) electrons. The van der Waals surface area contributed by atoms with Gasteiger partial charge >= 0.3 is 10.1 Å². The summed E-state index contributed by atoms with van der Waals surface area (Å²) >= 11 is 5.78. The summed E-state index contributed by atoms with van der Waals surface area (Å²) in [6, 6.07) is 9.93. The van der Waals surface area contributed by atoms with Crippen LogP contribution in [-0.2, 0) is 10.1 Å². The molecule has 0 atom stereocenters. The fraction of sp³-hybridized carbons (Fsp3) is 0. The summed E-state index contributed by atoms with van der Waals surface area (Å²) in [4.78, 5) is 9.68. The van der Waals surface area contributed by atoms with Gasteiger partial charge in [-0.2, -0.15) is 13.7 Å². The normalized spacial score (nSPS) is 10.7. The molecule has 0 aliphatic rings. The summed E-state index contributed by atoms with van der Waals surface area (Å²) in [6.45, 7) is 0. The van der Waals surface area contributed by atoms with E-state index in [0.717, 1.165) is 18.2 Å². The quantitative estimate of drug-likeness (QED) is 0.481. The molecule has 112 valence electrons. The lowest BCUT2D eigenvalue weighted by atomic mass is 10.2. The van der Waals surface area contributed by atoms with Crippen molar-refractivity contribution >= 4 is 27.4 Å². The Morgan fingerprint density at radius 2 is 1.82 bits per heavy atom. The number of halogens is 1. The van der Waals surface area contributed by atoms with Crippen molar-refractivity contribution in [1.29, 1.82) is 5.26 Å². The molecule has 0 unspecified atom stereocenters. The monoisotopic (exact) mass is 338 g/mol. The van der Waals surface area contributed by atoms with Crippen LogP contribution in [0.1, 0.15) is 5.56 Å². The van der Waals surface area contributed by atoms with Gasteiger partial charge in [-0.25, -0.2) is 0 Å². The molecule has 9 heteroatoms. The molecule has 0 aliphatic carbocycles. The maximum Gasteiger partial charge on any atom is 0.339 e. The van der Waals surface area contributed by atoms with Crippen LogP contribution in [0.2, 0.25) is 5.02 Å². The zero-order valence-electron chi connectivity index (χ0n) is 10.8. The van der Waals surface area contributed by atoms with Gasteiger partial charge in [-0.05, 0) is 30.3 Å². The minimum atomic E-state index is -4.16. The van der Waals surface area contributed by atoms with E-state index in [1.807, 2.05) is 6.07 Å². The molecule has 0 aromatic heterocycles. The fourth-order valence-electron chi connectivity index (χ4n) is 1.54. The first-order chi connectivity index (χ1) is 10.3. The van der Waals surface area contributed by atoms with Gasteiger partial charge < -0.3 is 4.18 Å². The van der Waals surface area contributed by atoms with Gasteiger partial charge in [-0.15, -0.1) is 0 Å². The maximum absolute atomic E-state index is 12.1. The van der Waals surface area contributed by atoms with Crippen molar-refractivity contribution < 1.29 is 17.5 Å². The summed E-state index contributed by atoms with van der Waals surface area (Å²) in [5.41, 5.74) is -0.0536. The summed E-state index contributed by atoms with van der Waals surface area (Å²) in [6.07, 6.45) is 0. The van der Waals surface area contributed by atoms with Gasteiger partial charge in [0.1, 0.15) is 16.7 Å². The molecule has 0 spiro atoms. The first-order valence-electron chi connectivity index (χ1n) is 5.72. The highest BCUT2D eigenvalue weighted by atomic mass is 35.5. The minimum Gasteiger partial charge on any atom is -0.379 e. The van der Waals surface area contributed by atoms with Gasteiger partial charge in [0, 0.05) is 12.1 Å². The van der Waals surface area contributed by atoms with Crippen LogP contribution in [0.4, 0.5) is 5.69 Å². The van der Waals surface area contributed by atoms with Crippen molar-refractivity contribution in [3.05, 3.63) is 63.2 Å². The minimum absolute atomic E-state index is 0.0177. The molecule has 0 bridgehead atoms. The van der Waals surface area contributed by atoms with E-state index >= 15 is 0 Å². The average Bonchev–Trinajstić information content (AvgIpc) is 2.47. The molecule has 0 heterocycles. The largest absolute Gasteiger partial charge is 0.379 e. The Bertz CT molecular complexity index is 872. The topological polar surface area (TPSA) is 110 Å². The van der Waals surface area contributed by atoms with Crippen molar-refractivity contribution in [2.24, 2.45) is 0 Å². The van der Waals surface area contributed by atoms with Crippen LogP contribution in [0.5, 0.6) is 5.75 Å². The smallest absolute Gasteiger partial charge is 0.339 e. The Kier molecular flexibility index (Phi) is 4.30. The SMILES string of the molecule is N#Cc1ccc(S(=O)(=O)Oc2ccc([N+](=O)[O-])cc2)cc1Cl. The van der Waals surface area contributed by atoms with Crippen molar-refractivity contribution in [2.75, 3.05) is 0 Å². The lowest BCUT2D eigenvalue weighted by molar-refractivity contribution is -0.384. The number of nitro groups is 1. The second-order valence-electron chi connectivity index (χ2n) is 4.04. The van der Waals surface area contributed by atoms with Gasteiger partial charge in [-0.3, -0.25) is 10.1 Å². The van der Waals surface area contributed by atoms with Crippen LogP contribution >= 0.6 is 11.6 Å². The Labute approximate surface area is 130 Å². The molecule has 7 nitrogen and oxygen atoms in total. The Hall–Kier alpha value is -2.63. The molecule has 2 aromatic carbocycles. The molecule has 0 N–H and O–H groups in total. The van der Waals surface area contributed by atoms with Crippen molar-refractivity contribution in [2.45, 2.75) is 4.90 Å². The molecule has 22 heavy (non-hydrogen) atoms. The molecular formula is C13H7ClN2O5S. The molecule has 2 rings (SSSR count). The molecule has 0 saturated carbocycles. The maximum atomic E-state index is 12.1. The highest BCUT2D eigenvalue weighted by Crippen LogP contribution is 2.24. The second-order valence-corrected chi connectivity index (χ2v) is 6.00. The molecule has 2 aromatic rings. The second kappa shape index (κ2) is 6.01. The number of rotatable bonds is 4. The molecule has 0 aliphatic heterocycles. The Balaban J connectivity index is 2.29. The van der Waals surface area contributed by atoms with Gasteiger partial charge in [0.05, 0.1) is 15.5 Å². The zero-order chi connectivity index (χ0) is 16.3. The number of benzene rings is 2. The van der Waals surface area contributed by atoms with E-state index in [0.29, 0.717) is 0 Å². The van der Waals surface area contributed by atoms with E-state index in [2.05, 4.69) is 0 Å². The van der Waals surface area contributed by atoms with Crippen LogP contribution in [0.15, 0.2) is 47.4 Å². The first-order valence-corrected chi connectivity index (χ1v) is 7.51. The van der Waals surface area contributed by atoms with Crippen LogP contribution < -0.4 is 4.18 Å². The van der Waals surface area contributed by atoms with E-state index in [9.17, 15) is 18.5 Å². The van der Waals surface area contributed by atoms with Crippen molar-refractivity contribution in [1.82, 2.24) is 0 Å². The summed E-state index contributed by atoms with van der Waals surface area (Å²) in [7, 11) is -4.16. The predicted octanol–water partition coefficient (Wildman–Crippen LogP) is 2.89. The third-order valence-electron chi connectivity index (χ3n) is 2.60. The van der Waals surface area contributed by atoms with Crippen LogP contribution in [0.3, 0.4) is 0 Å². The number of hydrogen-bond acceptors (Lipinski definition) is 6. The number of nitriles is 1. The Morgan fingerprint density at radius 3 is 2.32 bits per heavy atom. The fourth-order valence-corrected chi connectivity index (χ4v) is 2.79. The van der Waals surface area contributed by atoms with Gasteiger partial charge in [0.2, 0.25) is 0 Å². The van der Waals surface area contributed by atoms with Gasteiger partial charge in [-0.1, -0.05) is 11.6 Å². The molecule has 0 saturated heterocycles. The van der Waals surface area contributed by atoms with E-state index in [1.54, 1.807) is 0 Å². The van der Waals surface area contributed by atoms with E-state index in [-0.39, 0.29) is 26.9 Å². The lowest BCUT2D eigenvalue weighted by Gasteiger charge is -2.07. The number of non-ortho nitro benzene ring substituents is 1. The standard InChI is InChI=1S/C13H7ClN2O5S/c14-13-7-12(6-1-9(13)8-15)22(19,20)21-11-4-2-10(3-5-11)16(17)18/h1-7H. The summed E-state index contributed by atoms with van der Waals surface area (Å²) < 4.78 is 29.0. The van der Waals surface area contributed by atoms with Crippen LogP contribution in [0, 0.1) is 21.4 Å². The number of nitrogens with zero attached hydrogens (tertiary/aromatic N) is 2. The lowest BCUT2D eigenvalue weighted by Crippen LogP contribution is -2.09. The highest BCUT2D eigenvalue weighted by Gasteiger charge is 2.18. The number of nitro benzene ring substituents is 1. The first kappa shape index (κ1) is 15.8. The molecule has 0 amide bonds. The third kappa shape index (κ3) is 3.33. The molecular weight excluding hydrogens is 332 g/mol. The van der Waals surface area contributed by atoms with E-state index in [1.165, 1.54) is 24.3 Å². The van der Waals surface area contributed by atoms with Crippen LogP contribution in [0.25, 0.3) is 0 Å².